The van der Waals surface area contributed by atoms with Crippen molar-refractivity contribution in [1.29, 1.82) is 0 Å². The van der Waals surface area contributed by atoms with Gasteiger partial charge in [-0.15, -0.1) is 16.4 Å². The summed E-state index contributed by atoms with van der Waals surface area (Å²) in [6, 6.07) is 9.77. The predicted molar refractivity (Wildman–Crippen MR) is 95.3 cm³/mol. The van der Waals surface area contributed by atoms with E-state index >= 15 is 0 Å². The molecule has 0 radical (unpaired) electrons. The molecule has 7 nitrogen and oxygen atoms in total. The van der Waals surface area contributed by atoms with E-state index in [0.717, 1.165) is 17.0 Å². The minimum atomic E-state index is -5.04. The summed E-state index contributed by atoms with van der Waals surface area (Å²) >= 11 is 1.40. The second-order valence-electron chi connectivity index (χ2n) is 5.88. The molecule has 4 aromatic rings. The van der Waals surface area contributed by atoms with Crippen LogP contribution in [0.2, 0.25) is 0 Å². The number of alkyl halides is 3. The second-order valence-corrected chi connectivity index (χ2v) is 6.83. The van der Waals surface area contributed by atoms with Crippen molar-refractivity contribution in [2.45, 2.75) is 12.8 Å². The quantitative estimate of drug-likeness (QED) is 0.337. The molecule has 3 heterocycles. The largest absolute Gasteiger partial charge is 0.454 e. The minimum absolute atomic E-state index is 0.196. The Morgan fingerprint density at radius 2 is 2.00 bits per heavy atom. The van der Waals surface area contributed by atoms with Gasteiger partial charge >= 0.3 is 12.1 Å². The van der Waals surface area contributed by atoms with Gasteiger partial charge in [0.25, 0.3) is 0 Å². The van der Waals surface area contributed by atoms with E-state index in [-0.39, 0.29) is 10.4 Å². The number of carbonyl (C=O) groups is 1. The third-order valence-electron chi connectivity index (χ3n) is 3.89. The fourth-order valence-corrected chi connectivity index (χ4v) is 3.26. The van der Waals surface area contributed by atoms with Crippen molar-refractivity contribution in [2.24, 2.45) is 0 Å². The van der Waals surface area contributed by atoms with E-state index in [4.69, 9.17) is 9.26 Å². The number of nitrogens with zero attached hydrogens (tertiary/aromatic N) is 4. The zero-order valence-corrected chi connectivity index (χ0v) is 15.6. The highest BCUT2D eigenvalue weighted by Crippen LogP contribution is 2.33. The van der Waals surface area contributed by atoms with Crippen molar-refractivity contribution in [1.82, 2.24) is 20.2 Å². The fourth-order valence-electron chi connectivity index (χ4n) is 2.59. The zero-order valence-electron chi connectivity index (χ0n) is 14.8. The Kier molecular flexibility index (Phi) is 5.08. The Morgan fingerprint density at radius 1 is 1.20 bits per heavy atom. The molecule has 0 amide bonds. The Morgan fingerprint density at radius 3 is 2.70 bits per heavy atom. The van der Waals surface area contributed by atoms with Crippen LogP contribution in [-0.2, 0) is 17.5 Å². The van der Waals surface area contributed by atoms with E-state index in [2.05, 4.69) is 15.5 Å². The average Bonchev–Trinajstić information content (AvgIpc) is 3.45. The Bertz CT molecular complexity index is 1180. The number of rotatable bonds is 5. The predicted octanol–water partition coefficient (Wildman–Crippen LogP) is 4.50. The standard InChI is InChI=1S/C18H10F4N4O3S/c19-11-4-1-2-5-12(11)26-16(18(20,21)22)15(23-25-26)17(27)28-9-10-8-13(29-24-10)14-6-3-7-30-14/h1-8H,9H2. The maximum Gasteiger partial charge on any atom is 0.436 e. The van der Waals surface area contributed by atoms with Crippen LogP contribution in [0.25, 0.3) is 16.3 Å². The van der Waals surface area contributed by atoms with E-state index < -0.39 is 41.6 Å². The van der Waals surface area contributed by atoms with Crippen molar-refractivity contribution >= 4 is 17.3 Å². The Labute approximate surface area is 169 Å². The van der Waals surface area contributed by atoms with E-state index in [9.17, 15) is 22.4 Å². The van der Waals surface area contributed by atoms with E-state index in [0.29, 0.717) is 5.76 Å². The number of esters is 1. The number of halogens is 4. The molecule has 0 bridgehead atoms. The molecule has 0 aliphatic heterocycles. The number of para-hydroxylation sites is 1. The summed E-state index contributed by atoms with van der Waals surface area (Å²) in [6.07, 6.45) is -5.04. The van der Waals surface area contributed by atoms with Crippen LogP contribution in [0.4, 0.5) is 17.6 Å². The summed E-state index contributed by atoms with van der Waals surface area (Å²) in [5.74, 6) is -1.92. The Hall–Kier alpha value is -3.54. The summed E-state index contributed by atoms with van der Waals surface area (Å²) < 4.78 is 64.9. The molecule has 1 aromatic carbocycles. The lowest BCUT2D eigenvalue weighted by molar-refractivity contribution is -0.143. The fraction of sp³-hybridized carbons (Fsp3) is 0.111. The summed E-state index contributed by atoms with van der Waals surface area (Å²) in [6.45, 7) is -0.447. The molecule has 0 N–H and O–H groups in total. The van der Waals surface area contributed by atoms with Crippen molar-refractivity contribution in [2.75, 3.05) is 0 Å². The summed E-state index contributed by atoms with van der Waals surface area (Å²) in [4.78, 5) is 13.0. The van der Waals surface area contributed by atoms with Crippen molar-refractivity contribution in [3.05, 3.63) is 70.7 Å². The van der Waals surface area contributed by atoms with Crippen LogP contribution in [0.1, 0.15) is 21.9 Å². The molecule has 154 valence electrons. The zero-order chi connectivity index (χ0) is 21.3. The molecule has 0 fully saturated rings. The molecule has 4 rings (SSSR count). The van der Waals surface area contributed by atoms with Gasteiger partial charge in [-0.2, -0.15) is 13.2 Å². The SMILES string of the molecule is O=C(OCc1cc(-c2cccs2)on1)c1nnn(-c2ccccc2F)c1C(F)(F)F. The lowest BCUT2D eigenvalue weighted by Gasteiger charge is -2.11. The molecule has 30 heavy (non-hydrogen) atoms. The number of carbonyl (C=O) groups excluding carboxylic acids is 1. The van der Waals surface area contributed by atoms with Crippen molar-refractivity contribution < 1.29 is 31.6 Å². The molecule has 0 saturated heterocycles. The van der Waals surface area contributed by atoms with Gasteiger partial charge in [0.15, 0.2) is 11.5 Å². The lowest BCUT2D eigenvalue weighted by atomic mass is 10.2. The molecule has 0 spiro atoms. The highest BCUT2D eigenvalue weighted by Gasteiger charge is 2.43. The van der Waals surface area contributed by atoms with Crippen molar-refractivity contribution in [3.8, 4) is 16.3 Å². The first-order chi connectivity index (χ1) is 14.3. The number of ether oxygens (including phenoxy) is 1. The maximum atomic E-state index is 14.0. The first kappa shape index (κ1) is 19.8. The normalized spacial score (nSPS) is 11.6. The monoisotopic (exact) mass is 438 g/mol. The average molecular weight is 438 g/mol. The van der Waals surface area contributed by atoms with Gasteiger partial charge in [0.05, 0.1) is 4.88 Å². The van der Waals surface area contributed by atoms with Gasteiger partial charge in [0.2, 0.25) is 5.69 Å². The van der Waals surface area contributed by atoms with Gasteiger partial charge in [-0.3, -0.25) is 0 Å². The summed E-state index contributed by atoms with van der Waals surface area (Å²) in [5.41, 5.74) is -2.94. The van der Waals surface area contributed by atoms with Crippen LogP contribution in [0.3, 0.4) is 0 Å². The number of thiophene rings is 1. The number of benzene rings is 1. The smallest absolute Gasteiger partial charge is 0.436 e. The first-order valence-electron chi connectivity index (χ1n) is 8.29. The third-order valence-corrected chi connectivity index (χ3v) is 4.77. The molecule has 3 aromatic heterocycles. The highest BCUT2D eigenvalue weighted by molar-refractivity contribution is 7.13. The highest BCUT2D eigenvalue weighted by atomic mass is 32.1. The van der Waals surface area contributed by atoms with Crippen LogP contribution < -0.4 is 0 Å². The van der Waals surface area contributed by atoms with Gasteiger partial charge in [-0.05, 0) is 23.6 Å². The van der Waals surface area contributed by atoms with Crippen LogP contribution in [0, 0.1) is 5.82 Å². The van der Waals surface area contributed by atoms with Crippen LogP contribution in [-0.4, -0.2) is 26.1 Å². The van der Waals surface area contributed by atoms with Crippen LogP contribution in [0.5, 0.6) is 0 Å². The molecule has 0 aliphatic rings. The molecule has 0 aliphatic carbocycles. The number of aromatic nitrogens is 4. The molecular formula is C18H10F4N4O3S. The van der Waals surface area contributed by atoms with Gasteiger partial charge in [-0.25, -0.2) is 13.9 Å². The van der Waals surface area contributed by atoms with Gasteiger partial charge in [0.1, 0.15) is 23.8 Å². The van der Waals surface area contributed by atoms with Crippen molar-refractivity contribution in [3.63, 3.8) is 0 Å². The van der Waals surface area contributed by atoms with E-state index in [1.54, 1.807) is 12.1 Å². The second kappa shape index (κ2) is 7.71. The van der Waals surface area contributed by atoms with Gasteiger partial charge in [-0.1, -0.05) is 28.6 Å². The first-order valence-corrected chi connectivity index (χ1v) is 9.17. The van der Waals surface area contributed by atoms with Gasteiger partial charge in [0, 0.05) is 6.07 Å². The molecule has 0 saturated carbocycles. The molecular weight excluding hydrogens is 428 g/mol. The lowest BCUT2D eigenvalue weighted by Crippen LogP contribution is -2.19. The maximum absolute atomic E-state index is 14.0. The molecule has 12 heteroatoms. The summed E-state index contributed by atoms with van der Waals surface area (Å²) in [5, 5.41) is 12.1. The number of hydrogen-bond acceptors (Lipinski definition) is 7. The van der Waals surface area contributed by atoms with Gasteiger partial charge < -0.3 is 9.26 Å². The van der Waals surface area contributed by atoms with E-state index in [1.165, 1.54) is 29.5 Å². The van der Waals surface area contributed by atoms with Crippen LogP contribution in [0.15, 0.2) is 52.4 Å². The minimum Gasteiger partial charge on any atom is -0.454 e. The summed E-state index contributed by atoms with van der Waals surface area (Å²) in [7, 11) is 0. The topological polar surface area (TPSA) is 83.0 Å². The van der Waals surface area contributed by atoms with E-state index in [1.807, 2.05) is 5.38 Å². The third kappa shape index (κ3) is 3.81. The number of hydrogen-bond donors (Lipinski definition) is 0. The Balaban J connectivity index is 1.58. The van der Waals surface area contributed by atoms with Crippen LogP contribution >= 0.6 is 11.3 Å². The molecule has 0 unspecified atom stereocenters. The molecule has 0 atom stereocenters.